The second-order valence-electron chi connectivity index (χ2n) is 5.81. The smallest absolute Gasteiger partial charge is 0.230 e. The number of para-hydroxylation sites is 2. The molecule has 2 heterocycles. The van der Waals surface area contributed by atoms with Crippen LogP contribution >= 0.6 is 11.6 Å². The van der Waals surface area contributed by atoms with Crippen molar-refractivity contribution in [3.05, 3.63) is 71.1 Å². The number of imidazole rings is 1. The molecule has 0 aliphatic rings. The molecule has 26 heavy (non-hydrogen) atoms. The molecular weight excluding hydrogens is 353 g/mol. The van der Waals surface area contributed by atoms with Crippen LogP contribution in [0.3, 0.4) is 0 Å². The molecule has 0 fully saturated rings. The highest BCUT2D eigenvalue weighted by Crippen LogP contribution is 2.23. The lowest BCUT2D eigenvalue weighted by Gasteiger charge is -2.10. The largest absolute Gasteiger partial charge is 0.324 e. The fraction of sp³-hybridized carbons (Fsp3) is 0.105. The van der Waals surface area contributed by atoms with E-state index in [4.69, 9.17) is 11.6 Å². The van der Waals surface area contributed by atoms with E-state index in [1.54, 1.807) is 30.3 Å². The summed E-state index contributed by atoms with van der Waals surface area (Å²) < 4.78 is 14.6. The summed E-state index contributed by atoms with van der Waals surface area (Å²) in [6, 6.07) is 16.5. The van der Waals surface area contributed by atoms with Gasteiger partial charge in [-0.25, -0.2) is 14.4 Å². The fourth-order valence-electron chi connectivity index (χ4n) is 2.82. The lowest BCUT2D eigenvalue weighted by atomic mass is 10.2. The molecule has 1 N–H and O–H groups in total. The van der Waals surface area contributed by atoms with Crippen molar-refractivity contribution in [1.82, 2.24) is 19.5 Å². The van der Waals surface area contributed by atoms with Gasteiger partial charge in [0.25, 0.3) is 0 Å². The van der Waals surface area contributed by atoms with Crippen LogP contribution in [0, 0.1) is 6.92 Å². The normalized spacial score (nSPS) is 11.0. The summed E-state index contributed by atoms with van der Waals surface area (Å²) in [6.45, 7) is 1.42. The van der Waals surface area contributed by atoms with Gasteiger partial charge >= 0.3 is 0 Å². The van der Waals surface area contributed by atoms with E-state index in [1.807, 2.05) is 35.8 Å². The van der Waals surface area contributed by atoms with E-state index in [2.05, 4.69) is 20.3 Å². The van der Waals surface area contributed by atoms with Crippen molar-refractivity contribution in [2.45, 2.75) is 13.6 Å². The van der Waals surface area contributed by atoms with Gasteiger partial charge in [0.15, 0.2) is 0 Å². The molecule has 0 bridgehead atoms. The van der Waals surface area contributed by atoms with E-state index in [-0.39, 0.29) is 0 Å². The lowest BCUT2D eigenvalue weighted by molar-refractivity contribution is 0.485. The number of hydrogen-bond acceptors (Lipinski definition) is 4. The summed E-state index contributed by atoms with van der Waals surface area (Å²) >= 11 is 6.21. The van der Waals surface area contributed by atoms with E-state index in [9.17, 15) is 4.39 Å². The van der Waals surface area contributed by atoms with Gasteiger partial charge in [0.05, 0.1) is 11.0 Å². The summed E-state index contributed by atoms with van der Waals surface area (Å²) in [5.74, 6) is 1.79. The Kier molecular flexibility index (Phi) is 4.26. The molecule has 0 aliphatic carbocycles. The molecule has 7 heteroatoms. The maximum absolute atomic E-state index is 12.6. The molecule has 5 nitrogen and oxygen atoms in total. The molecule has 0 unspecified atom stereocenters. The number of rotatable bonds is 4. The quantitative estimate of drug-likeness (QED) is 0.516. The molecule has 2 aromatic carbocycles. The van der Waals surface area contributed by atoms with Gasteiger partial charge in [-0.2, -0.15) is 4.98 Å². The summed E-state index contributed by atoms with van der Waals surface area (Å²) in [6.07, 6.45) is 0. The first-order valence-electron chi connectivity index (χ1n) is 8.05. The topological polar surface area (TPSA) is 55.6 Å². The van der Waals surface area contributed by atoms with Crippen LogP contribution in [-0.2, 0) is 6.67 Å². The minimum atomic E-state index is -0.495. The summed E-state index contributed by atoms with van der Waals surface area (Å²) in [7, 11) is 0. The Labute approximate surface area is 154 Å². The van der Waals surface area contributed by atoms with Crippen LogP contribution in [0.1, 0.15) is 11.4 Å². The van der Waals surface area contributed by atoms with E-state index >= 15 is 0 Å². The minimum Gasteiger partial charge on any atom is -0.324 e. The first-order valence-corrected chi connectivity index (χ1v) is 8.43. The predicted octanol–water partition coefficient (Wildman–Crippen LogP) is 4.99. The molecule has 4 aromatic rings. The van der Waals surface area contributed by atoms with Crippen molar-refractivity contribution in [2.75, 3.05) is 5.32 Å². The lowest BCUT2D eigenvalue weighted by Crippen LogP contribution is -2.05. The van der Waals surface area contributed by atoms with Gasteiger partial charge in [0, 0.05) is 11.8 Å². The highest BCUT2D eigenvalue weighted by molar-refractivity contribution is 6.29. The zero-order valence-electron chi connectivity index (χ0n) is 13.9. The molecule has 2 aromatic heterocycles. The number of aromatic nitrogens is 4. The first kappa shape index (κ1) is 16.5. The molecule has 0 spiro atoms. The Morgan fingerprint density at radius 1 is 1.04 bits per heavy atom. The van der Waals surface area contributed by atoms with Gasteiger partial charge < -0.3 is 5.32 Å². The number of aryl methyl sites for hydroxylation is 1. The van der Waals surface area contributed by atoms with Crippen LogP contribution in [0.5, 0.6) is 0 Å². The van der Waals surface area contributed by atoms with Crippen molar-refractivity contribution in [3.8, 4) is 5.82 Å². The van der Waals surface area contributed by atoms with Gasteiger partial charge in [-0.15, -0.1) is 0 Å². The van der Waals surface area contributed by atoms with Crippen molar-refractivity contribution < 1.29 is 4.39 Å². The average molecular weight is 368 g/mol. The zero-order valence-corrected chi connectivity index (χ0v) is 14.7. The minimum absolute atomic E-state index is 0.315. The number of alkyl halides is 1. The van der Waals surface area contributed by atoms with Crippen LogP contribution < -0.4 is 5.32 Å². The second kappa shape index (κ2) is 6.72. The molecule has 0 aliphatic heterocycles. The van der Waals surface area contributed by atoms with Crippen molar-refractivity contribution >= 4 is 34.3 Å². The SMILES string of the molecule is Cc1nc2ccccc2n1-c1cc(Cl)nc(Nc2ccc(CF)cc2)n1. The second-order valence-corrected chi connectivity index (χ2v) is 6.20. The van der Waals surface area contributed by atoms with Crippen molar-refractivity contribution in [2.24, 2.45) is 0 Å². The number of benzene rings is 2. The molecule has 130 valence electrons. The predicted molar refractivity (Wildman–Crippen MR) is 101 cm³/mol. The number of halogens is 2. The molecule has 0 atom stereocenters. The fourth-order valence-corrected chi connectivity index (χ4v) is 3.00. The third kappa shape index (κ3) is 3.11. The van der Waals surface area contributed by atoms with Crippen LogP contribution in [-0.4, -0.2) is 19.5 Å². The number of nitrogens with one attached hydrogen (secondary N) is 1. The molecule has 0 saturated heterocycles. The standard InChI is InChI=1S/C19H15ClFN5/c1-12-22-15-4-2-3-5-16(15)26(12)18-10-17(20)24-19(25-18)23-14-8-6-13(11-21)7-9-14/h2-10H,11H2,1H3,(H,23,24,25). The monoisotopic (exact) mass is 367 g/mol. The maximum Gasteiger partial charge on any atom is 0.230 e. The zero-order chi connectivity index (χ0) is 18.1. The van der Waals surface area contributed by atoms with E-state index in [0.717, 1.165) is 22.5 Å². The molecule has 0 saturated carbocycles. The van der Waals surface area contributed by atoms with E-state index in [0.29, 0.717) is 22.5 Å². The Bertz CT molecular complexity index is 1080. The highest BCUT2D eigenvalue weighted by atomic mass is 35.5. The number of fused-ring (bicyclic) bond motifs is 1. The van der Waals surface area contributed by atoms with Gasteiger partial charge in [0.2, 0.25) is 5.95 Å². The van der Waals surface area contributed by atoms with E-state index < -0.39 is 6.67 Å². The first-order chi connectivity index (χ1) is 12.6. The van der Waals surface area contributed by atoms with Gasteiger partial charge in [-0.3, -0.25) is 4.57 Å². The Hall–Kier alpha value is -2.99. The summed E-state index contributed by atoms with van der Waals surface area (Å²) in [5.41, 5.74) is 3.19. The third-order valence-corrected chi connectivity index (χ3v) is 4.20. The van der Waals surface area contributed by atoms with Crippen LogP contribution in [0.15, 0.2) is 54.6 Å². The average Bonchev–Trinajstić information content (AvgIpc) is 2.97. The number of anilines is 2. The van der Waals surface area contributed by atoms with Gasteiger partial charge in [0.1, 0.15) is 23.5 Å². The highest BCUT2D eigenvalue weighted by Gasteiger charge is 2.12. The molecular formula is C19H15ClFN5. The molecule has 0 amide bonds. The van der Waals surface area contributed by atoms with Crippen LogP contribution in [0.25, 0.3) is 16.9 Å². The summed E-state index contributed by atoms with van der Waals surface area (Å²) in [5, 5.41) is 3.42. The maximum atomic E-state index is 12.6. The number of nitrogens with zero attached hydrogens (tertiary/aromatic N) is 4. The van der Waals surface area contributed by atoms with E-state index in [1.165, 1.54) is 0 Å². The summed E-state index contributed by atoms with van der Waals surface area (Å²) in [4.78, 5) is 13.3. The van der Waals surface area contributed by atoms with Crippen molar-refractivity contribution in [1.29, 1.82) is 0 Å². The van der Waals surface area contributed by atoms with Crippen LogP contribution in [0.4, 0.5) is 16.0 Å². The Morgan fingerprint density at radius 2 is 1.81 bits per heavy atom. The Balaban J connectivity index is 1.75. The van der Waals surface area contributed by atoms with Crippen LogP contribution in [0.2, 0.25) is 5.15 Å². The van der Waals surface area contributed by atoms with Gasteiger partial charge in [-0.1, -0.05) is 35.9 Å². The molecule has 0 radical (unpaired) electrons. The molecule has 4 rings (SSSR count). The van der Waals surface area contributed by atoms with Gasteiger partial charge in [-0.05, 0) is 36.8 Å². The number of hydrogen-bond donors (Lipinski definition) is 1. The Morgan fingerprint density at radius 3 is 2.58 bits per heavy atom. The van der Waals surface area contributed by atoms with Crippen molar-refractivity contribution in [3.63, 3.8) is 0 Å². The third-order valence-electron chi connectivity index (χ3n) is 4.00.